The van der Waals surface area contributed by atoms with Crippen molar-refractivity contribution in [2.75, 3.05) is 6.54 Å². The Morgan fingerprint density at radius 1 is 1.31 bits per heavy atom. The standard InChI is InChI=1S/C13H17N3/c1-9-4-2-3-5-11(9)12-8-15-13(14)16(12)10-6-7-10/h2-5,10,12H,6-8H2,1H3,(H2,14,15). The fourth-order valence-corrected chi connectivity index (χ4v) is 2.51. The Hall–Kier alpha value is -1.51. The molecule has 1 aliphatic carbocycles. The molecule has 1 unspecified atom stereocenters. The molecule has 16 heavy (non-hydrogen) atoms. The van der Waals surface area contributed by atoms with Crippen molar-refractivity contribution in [2.45, 2.75) is 31.8 Å². The molecule has 1 aromatic rings. The van der Waals surface area contributed by atoms with Crippen LogP contribution in [0, 0.1) is 6.92 Å². The van der Waals surface area contributed by atoms with Crippen LogP contribution in [0.2, 0.25) is 0 Å². The van der Waals surface area contributed by atoms with Crippen molar-refractivity contribution in [3.05, 3.63) is 35.4 Å². The lowest BCUT2D eigenvalue weighted by Gasteiger charge is -2.27. The summed E-state index contributed by atoms with van der Waals surface area (Å²) in [6, 6.07) is 9.55. The molecule has 3 nitrogen and oxygen atoms in total. The largest absolute Gasteiger partial charge is 0.370 e. The number of rotatable bonds is 2. The third-order valence-electron chi connectivity index (χ3n) is 3.51. The molecular formula is C13H17N3. The van der Waals surface area contributed by atoms with Crippen LogP contribution in [0.15, 0.2) is 29.3 Å². The third-order valence-corrected chi connectivity index (χ3v) is 3.51. The Morgan fingerprint density at radius 3 is 2.75 bits per heavy atom. The van der Waals surface area contributed by atoms with Crippen molar-refractivity contribution in [1.29, 1.82) is 0 Å². The number of benzene rings is 1. The van der Waals surface area contributed by atoms with Gasteiger partial charge in [0.05, 0.1) is 12.6 Å². The van der Waals surface area contributed by atoms with Crippen molar-refractivity contribution < 1.29 is 0 Å². The van der Waals surface area contributed by atoms with Gasteiger partial charge < -0.3 is 10.6 Å². The van der Waals surface area contributed by atoms with E-state index in [2.05, 4.69) is 41.1 Å². The van der Waals surface area contributed by atoms with Crippen molar-refractivity contribution in [1.82, 2.24) is 4.90 Å². The Labute approximate surface area is 96.0 Å². The molecular weight excluding hydrogens is 198 g/mol. The van der Waals surface area contributed by atoms with E-state index in [4.69, 9.17) is 5.73 Å². The predicted octanol–water partition coefficient (Wildman–Crippen LogP) is 1.83. The first-order valence-corrected chi connectivity index (χ1v) is 5.91. The number of nitrogens with two attached hydrogens (primary N) is 1. The highest BCUT2D eigenvalue weighted by Gasteiger charge is 2.39. The molecule has 3 heteroatoms. The van der Waals surface area contributed by atoms with E-state index in [0.29, 0.717) is 12.1 Å². The summed E-state index contributed by atoms with van der Waals surface area (Å²) in [7, 11) is 0. The summed E-state index contributed by atoms with van der Waals surface area (Å²) in [6.45, 7) is 2.97. The maximum absolute atomic E-state index is 5.97. The number of guanidine groups is 1. The molecule has 0 amide bonds. The van der Waals surface area contributed by atoms with Crippen LogP contribution in [0.5, 0.6) is 0 Å². The van der Waals surface area contributed by atoms with Crippen LogP contribution in [0.1, 0.15) is 30.0 Å². The second-order valence-electron chi connectivity index (χ2n) is 4.71. The molecule has 1 saturated carbocycles. The molecule has 2 aliphatic rings. The van der Waals surface area contributed by atoms with Crippen LogP contribution in [0.3, 0.4) is 0 Å². The summed E-state index contributed by atoms with van der Waals surface area (Å²) in [5.41, 5.74) is 8.68. The van der Waals surface area contributed by atoms with Gasteiger partial charge >= 0.3 is 0 Å². The molecule has 1 aliphatic heterocycles. The van der Waals surface area contributed by atoms with Crippen LogP contribution < -0.4 is 5.73 Å². The summed E-state index contributed by atoms with van der Waals surface area (Å²) in [4.78, 5) is 6.71. The molecule has 0 saturated heterocycles. The van der Waals surface area contributed by atoms with Crippen LogP contribution in [0.25, 0.3) is 0 Å². The van der Waals surface area contributed by atoms with Gasteiger partial charge in [0, 0.05) is 6.04 Å². The lowest BCUT2D eigenvalue weighted by Crippen LogP contribution is -2.38. The van der Waals surface area contributed by atoms with Crippen LogP contribution in [0.4, 0.5) is 0 Å². The summed E-state index contributed by atoms with van der Waals surface area (Å²) in [6.07, 6.45) is 2.53. The lowest BCUT2D eigenvalue weighted by atomic mass is 10.0. The molecule has 1 atom stereocenters. The topological polar surface area (TPSA) is 41.6 Å². The van der Waals surface area contributed by atoms with Crippen LogP contribution >= 0.6 is 0 Å². The van der Waals surface area contributed by atoms with Gasteiger partial charge in [-0.3, -0.25) is 4.99 Å². The van der Waals surface area contributed by atoms with E-state index in [-0.39, 0.29) is 0 Å². The zero-order valence-electron chi connectivity index (χ0n) is 9.56. The fourth-order valence-electron chi connectivity index (χ4n) is 2.51. The molecule has 84 valence electrons. The first kappa shape index (κ1) is 9.70. The highest BCUT2D eigenvalue weighted by Crippen LogP contribution is 2.37. The average molecular weight is 215 g/mol. The summed E-state index contributed by atoms with van der Waals surface area (Å²) >= 11 is 0. The predicted molar refractivity (Wildman–Crippen MR) is 65.3 cm³/mol. The fraction of sp³-hybridized carbons (Fsp3) is 0.462. The monoisotopic (exact) mass is 215 g/mol. The van der Waals surface area contributed by atoms with Crippen LogP contribution in [-0.2, 0) is 0 Å². The Morgan fingerprint density at radius 2 is 2.06 bits per heavy atom. The highest BCUT2D eigenvalue weighted by atomic mass is 15.4. The smallest absolute Gasteiger partial charge is 0.192 e. The summed E-state index contributed by atoms with van der Waals surface area (Å²) < 4.78 is 0. The maximum Gasteiger partial charge on any atom is 0.192 e. The Kier molecular flexibility index (Phi) is 2.13. The number of aliphatic imine (C=N–C) groups is 1. The zero-order chi connectivity index (χ0) is 11.1. The molecule has 1 heterocycles. The van der Waals surface area contributed by atoms with Gasteiger partial charge in [0.25, 0.3) is 0 Å². The molecule has 2 N–H and O–H groups in total. The minimum Gasteiger partial charge on any atom is -0.370 e. The second kappa shape index (κ2) is 3.51. The van der Waals surface area contributed by atoms with Gasteiger partial charge in [-0.2, -0.15) is 0 Å². The molecule has 0 spiro atoms. The van der Waals surface area contributed by atoms with Crippen molar-refractivity contribution in [2.24, 2.45) is 10.7 Å². The van der Waals surface area contributed by atoms with Gasteiger partial charge in [-0.05, 0) is 30.9 Å². The normalized spacial score (nSPS) is 24.7. The molecule has 1 fully saturated rings. The highest BCUT2D eigenvalue weighted by molar-refractivity contribution is 5.81. The first-order valence-electron chi connectivity index (χ1n) is 5.91. The van der Waals surface area contributed by atoms with Gasteiger partial charge in [-0.1, -0.05) is 24.3 Å². The van der Waals surface area contributed by atoms with E-state index in [0.717, 1.165) is 12.5 Å². The Balaban J connectivity index is 1.93. The minimum atomic E-state index is 0.369. The van der Waals surface area contributed by atoms with E-state index in [1.165, 1.54) is 24.0 Å². The van der Waals surface area contributed by atoms with E-state index >= 15 is 0 Å². The molecule has 3 rings (SSSR count). The van der Waals surface area contributed by atoms with Gasteiger partial charge in [0.1, 0.15) is 0 Å². The molecule has 0 radical (unpaired) electrons. The average Bonchev–Trinajstić information content (AvgIpc) is 3.04. The Bertz CT molecular complexity index is 435. The van der Waals surface area contributed by atoms with E-state index in [9.17, 15) is 0 Å². The van der Waals surface area contributed by atoms with Crippen molar-refractivity contribution >= 4 is 5.96 Å². The zero-order valence-corrected chi connectivity index (χ0v) is 9.56. The van der Waals surface area contributed by atoms with Gasteiger partial charge in [-0.15, -0.1) is 0 Å². The molecule has 1 aromatic carbocycles. The number of hydrogen-bond acceptors (Lipinski definition) is 3. The van der Waals surface area contributed by atoms with Gasteiger partial charge in [0.15, 0.2) is 5.96 Å². The van der Waals surface area contributed by atoms with Crippen LogP contribution in [-0.4, -0.2) is 23.4 Å². The summed E-state index contributed by atoms with van der Waals surface area (Å²) in [5, 5.41) is 0. The molecule has 0 aromatic heterocycles. The van der Waals surface area contributed by atoms with Gasteiger partial charge in [0.2, 0.25) is 0 Å². The second-order valence-corrected chi connectivity index (χ2v) is 4.71. The number of hydrogen-bond donors (Lipinski definition) is 1. The van der Waals surface area contributed by atoms with E-state index in [1.807, 2.05) is 0 Å². The molecule has 0 bridgehead atoms. The van der Waals surface area contributed by atoms with Gasteiger partial charge in [-0.25, -0.2) is 0 Å². The van der Waals surface area contributed by atoms with E-state index in [1.54, 1.807) is 0 Å². The minimum absolute atomic E-state index is 0.369. The van der Waals surface area contributed by atoms with Crippen molar-refractivity contribution in [3.8, 4) is 0 Å². The third kappa shape index (κ3) is 1.47. The first-order chi connectivity index (χ1) is 7.77. The quantitative estimate of drug-likeness (QED) is 0.817. The lowest BCUT2D eigenvalue weighted by molar-refractivity contribution is 0.337. The number of aryl methyl sites for hydroxylation is 1. The maximum atomic E-state index is 5.97. The SMILES string of the molecule is Cc1ccccc1C1CN=C(N)N1C1CC1. The number of nitrogens with zero attached hydrogens (tertiary/aromatic N) is 2. The summed E-state index contributed by atoms with van der Waals surface area (Å²) in [5.74, 6) is 0.732. The van der Waals surface area contributed by atoms with Crippen molar-refractivity contribution in [3.63, 3.8) is 0 Å². The van der Waals surface area contributed by atoms with E-state index < -0.39 is 0 Å².